The van der Waals surface area contributed by atoms with Gasteiger partial charge in [0.05, 0.1) is 0 Å². The lowest BCUT2D eigenvalue weighted by atomic mass is 10.2. The summed E-state index contributed by atoms with van der Waals surface area (Å²) in [6, 6.07) is 18.5. The third-order valence-electron chi connectivity index (χ3n) is 3.75. The molecular weight excluding hydrogens is 348 g/mol. The lowest BCUT2D eigenvalue weighted by Crippen LogP contribution is -2.14. The topological polar surface area (TPSA) is 57.3 Å². The van der Waals surface area contributed by atoms with Gasteiger partial charge in [0.1, 0.15) is 5.69 Å². The molecule has 5 nitrogen and oxygen atoms in total. The first-order valence-corrected chi connectivity index (χ1v) is 8.46. The van der Waals surface area contributed by atoms with Gasteiger partial charge in [-0.15, -0.1) is 0 Å². The van der Waals surface area contributed by atoms with E-state index in [0.717, 1.165) is 22.7 Å². The fourth-order valence-corrected chi connectivity index (χ4v) is 2.59. The number of aromatic nitrogens is 1. The van der Waals surface area contributed by atoms with Crippen LogP contribution in [0.1, 0.15) is 10.5 Å². The van der Waals surface area contributed by atoms with Gasteiger partial charge in [0.25, 0.3) is 5.91 Å². The minimum atomic E-state index is -0.266. The second kappa shape index (κ2) is 7.89. The molecule has 6 heteroatoms. The van der Waals surface area contributed by atoms with Crippen molar-refractivity contribution in [3.63, 3.8) is 0 Å². The van der Waals surface area contributed by atoms with Crippen LogP contribution in [0.4, 0.5) is 22.7 Å². The van der Waals surface area contributed by atoms with E-state index in [0.29, 0.717) is 10.7 Å². The molecule has 26 heavy (non-hydrogen) atoms. The summed E-state index contributed by atoms with van der Waals surface area (Å²) < 4.78 is 0. The number of benzene rings is 2. The number of hydrogen-bond donors (Lipinski definition) is 2. The van der Waals surface area contributed by atoms with Crippen molar-refractivity contribution in [3.8, 4) is 0 Å². The molecule has 0 saturated carbocycles. The van der Waals surface area contributed by atoms with Crippen LogP contribution in [0.15, 0.2) is 66.9 Å². The van der Waals surface area contributed by atoms with Crippen molar-refractivity contribution in [1.29, 1.82) is 0 Å². The summed E-state index contributed by atoms with van der Waals surface area (Å²) in [7, 11) is 3.94. The molecule has 1 heterocycles. The van der Waals surface area contributed by atoms with Crippen molar-refractivity contribution in [3.05, 3.63) is 77.6 Å². The summed E-state index contributed by atoms with van der Waals surface area (Å²) in [5.41, 5.74) is 3.71. The van der Waals surface area contributed by atoms with Gasteiger partial charge in [-0.2, -0.15) is 0 Å². The molecule has 0 aliphatic carbocycles. The van der Waals surface area contributed by atoms with E-state index in [4.69, 9.17) is 11.6 Å². The smallest absolute Gasteiger partial charge is 0.274 e. The van der Waals surface area contributed by atoms with Crippen LogP contribution in [0.2, 0.25) is 5.02 Å². The Bertz CT molecular complexity index is 910. The summed E-state index contributed by atoms with van der Waals surface area (Å²) in [4.78, 5) is 18.6. The summed E-state index contributed by atoms with van der Waals surface area (Å²) in [6.07, 6.45) is 1.59. The van der Waals surface area contributed by atoms with Crippen LogP contribution in [-0.4, -0.2) is 25.0 Å². The first-order valence-electron chi connectivity index (χ1n) is 8.09. The first kappa shape index (κ1) is 17.8. The predicted molar refractivity (Wildman–Crippen MR) is 108 cm³/mol. The number of anilines is 4. The van der Waals surface area contributed by atoms with Crippen molar-refractivity contribution in [2.24, 2.45) is 0 Å². The maximum atomic E-state index is 12.5. The van der Waals surface area contributed by atoms with Crippen LogP contribution in [0.3, 0.4) is 0 Å². The lowest BCUT2D eigenvalue weighted by molar-refractivity contribution is 0.102. The Kier molecular flexibility index (Phi) is 5.39. The van der Waals surface area contributed by atoms with Gasteiger partial charge in [0.15, 0.2) is 0 Å². The monoisotopic (exact) mass is 366 g/mol. The Hall–Kier alpha value is -3.05. The molecule has 2 aromatic carbocycles. The number of nitrogens with zero attached hydrogens (tertiary/aromatic N) is 2. The Morgan fingerprint density at radius 3 is 2.38 bits per heavy atom. The molecule has 0 aliphatic heterocycles. The van der Waals surface area contributed by atoms with Crippen molar-refractivity contribution in [1.82, 2.24) is 4.98 Å². The molecule has 132 valence electrons. The molecule has 1 amide bonds. The second-order valence-electron chi connectivity index (χ2n) is 5.96. The molecule has 0 saturated heterocycles. The van der Waals surface area contributed by atoms with Crippen LogP contribution >= 0.6 is 11.6 Å². The van der Waals surface area contributed by atoms with Crippen molar-refractivity contribution >= 4 is 40.3 Å². The van der Waals surface area contributed by atoms with E-state index in [1.54, 1.807) is 24.4 Å². The Morgan fingerprint density at radius 1 is 0.962 bits per heavy atom. The lowest BCUT2D eigenvalue weighted by Gasteiger charge is -2.13. The van der Waals surface area contributed by atoms with Crippen molar-refractivity contribution in [2.45, 2.75) is 0 Å². The summed E-state index contributed by atoms with van der Waals surface area (Å²) in [6.45, 7) is 0. The van der Waals surface area contributed by atoms with E-state index in [-0.39, 0.29) is 5.91 Å². The average molecular weight is 367 g/mol. The molecular formula is C20H19ClN4O. The normalized spacial score (nSPS) is 10.3. The zero-order valence-electron chi connectivity index (χ0n) is 14.5. The van der Waals surface area contributed by atoms with Gasteiger partial charge in [0, 0.05) is 48.1 Å². The summed E-state index contributed by atoms with van der Waals surface area (Å²) in [5.74, 6) is -0.266. The number of carbonyl (C=O) groups is 1. The third kappa shape index (κ3) is 4.52. The quantitative estimate of drug-likeness (QED) is 0.681. The molecule has 3 aromatic rings. The SMILES string of the molecule is CN(C)c1ccc(NC(=O)c2cc(Nc3cccc(Cl)c3)ccn2)cc1. The van der Waals surface area contributed by atoms with Gasteiger partial charge in [-0.1, -0.05) is 17.7 Å². The average Bonchev–Trinajstić information content (AvgIpc) is 2.62. The maximum absolute atomic E-state index is 12.5. The van der Waals surface area contributed by atoms with Crippen LogP contribution in [0.5, 0.6) is 0 Å². The highest BCUT2D eigenvalue weighted by Gasteiger charge is 2.09. The molecule has 0 atom stereocenters. The van der Waals surface area contributed by atoms with E-state index >= 15 is 0 Å². The largest absolute Gasteiger partial charge is 0.378 e. The highest BCUT2D eigenvalue weighted by molar-refractivity contribution is 6.30. The van der Waals surface area contributed by atoms with E-state index in [9.17, 15) is 4.79 Å². The molecule has 0 unspecified atom stereocenters. The van der Waals surface area contributed by atoms with Crippen molar-refractivity contribution < 1.29 is 4.79 Å². The fourth-order valence-electron chi connectivity index (χ4n) is 2.40. The van der Waals surface area contributed by atoms with Crippen LogP contribution in [-0.2, 0) is 0 Å². The number of amides is 1. The third-order valence-corrected chi connectivity index (χ3v) is 3.98. The molecule has 0 bridgehead atoms. The Morgan fingerprint density at radius 2 is 1.69 bits per heavy atom. The van der Waals surface area contributed by atoms with Gasteiger partial charge in [-0.25, -0.2) is 0 Å². The van der Waals surface area contributed by atoms with Gasteiger partial charge >= 0.3 is 0 Å². The number of pyridine rings is 1. The van der Waals surface area contributed by atoms with E-state index in [2.05, 4.69) is 15.6 Å². The molecule has 1 aromatic heterocycles. The molecule has 0 spiro atoms. The molecule has 0 fully saturated rings. The molecule has 0 aliphatic rings. The number of halogens is 1. The number of carbonyl (C=O) groups excluding carboxylic acids is 1. The van der Waals surface area contributed by atoms with Crippen molar-refractivity contribution in [2.75, 3.05) is 29.6 Å². The summed E-state index contributed by atoms with van der Waals surface area (Å²) >= 11 is 5.99. The first-order chi connectivity index (χ1) is 12.5. The fraction of sp³-hybridized carbons (Fsp3) is 0.100. The van der Waals surface area contributed by atoms with E-state index in [1.807, 2.05) is 61.5 Å². The van der Waals surface area contributed by atoms with E-state index < -0.39 is 0 Å². The Labute approximate surface area is 157 Å². The zero-order valence-corrected chi connectivity index (χ0v) is 15.3. The van der Waals surface area contributed by atoms with Crippen LogP contribution in [0, 0.1) is 0 Å². The zero-order chi connectivity index (χ0) is 18.5. The standard InChI is InChI=1S/C20H19ClN4O/c1-25(2)18-8-6-15(7-9-18)24-20(26)19-13-17(10-11-22-19)23-16-5-3-4-14(21)12-16/h3-13H,1-2H3,(H,22,23)(H,24,26). The number of hydrogen-bond acceptors (Lipinski definition) is 4. The predicted octanol–water partition coefficient (Wildman–Crippen LogP) is 4.80. The minimum Gasteiger partial charge on any atom is -0.378 e. The maximum Gasteiger partial charge on any atom is 0.274 e. The Balaban J connectivity index is 1.71. The minimum absolute atomic E-state index is 0.266. The number of nitrogens with one attached hydrogen (secondary N) is 2. The van der Waals surface area contributed by atoms with E-state index in [1.165, 1.54) is 0 Å². The number of rotatable bonds is 5. The molecule has 0 radical (unpaired) electrons. The highest BCUT2D eigenvalue weighted by atomic mass is 35.5. The highest BCUT2D eigenvalue weighted by Crippen LogP contribution is 2.21. The van der Waals surface area contributed by atoms with Gasteiger partial charge in [0.2, 0.25) is 0 Å². The van der Waals surface area contributed by atoms with Crippen LogP contribution in [0.25, 0.3) is 0 Å². The van der Waals surface area contributed by atoms with Gasteiger partial charge < -0.3 is 15.5 Å². The summed E-state index contributed by atoms with van der Waals surface area (Å²) in [5, 5.41) is 6.71. The second-order valence-corrected chi connectivity index (χ2v) is 6.40. The molecule has 3 rings (SSSR count). The molecule has 2 N–H and O–H groups in total. The van der Waals surface area contributed by atoms with Crippen LogP contribution < -0.4 is 15.5 Å². The van der Waals surface area contributed by atoms with Gasteiger partial charge in [-0.05, 0) is 54.6 Å². The van der Waals surface area contributed by atoms with Gasteiger partial charge in [-0.3, -0.25) is 9.78 Å².